The number of amides is 8. The van der Waals surface area contributed by atoms with Crippen molar-refractivity contribution in [3.63, 3.8) is 0 Å². The molecule has 0 saturated carbocycles. The number of carbonyl (C=O) groups is 6. The Kier molecular flexibility index (Phi) is 5.88. The van der Waals surface area contributed by atoms with E-state index < -0.39 is 41.1 Å². The van der Waals surface area contributed by atoms with E-state index in [1.54, 1.807) is 31.2 Å². The van der Waals surface area contributed by atoms with Gasteiger partial charge in [-0.05, 0) is 74.1 Å². The Morgan fingerprint density at radius 2 is 1.59 bits per heavy atom. The van der Waals surface area contributed by atoms with E-state index in [9.17, 15) is 28.8 Å². The highest BCUT2D eigenvalue weighted by atomic mass is 16.2. The Morgan fingerprint density at radius 3 is 2.27 bits per heavy atom. The number of hydrogen-bond acceptors (Lipinski definition) is 7. The van der Waals surface area contributed by atoms with Gasteiger partial charge in [0.1, 0.15) is 5.57 Å². The van der Waals surface area contributed by atoms with Crippen LogP contribution in [0.3, 0.4) is 0 Å². The molecule has 1 atom stereocenters. The van der Waals surface area contributed by atoms with Crippen LogP contribution in [-0.2, 0) is 25.6 Å². The third kappa shape index (κ3) is 3.71. The van der Waals surface area contributed by atoms with Crippen LogP contribution in [0.15, 0.2) is 42.0 Å². The van der Waals surface area contributed by atoms with Crippen molar-refractivity contribution in [3.05, 3.63) is 64.2 Å². The van der Waals surface area contributed by atoms with E-state index in [-0.39, 0.29) is 18.0 Å². The summed E-state index contributed by atoms with van der Waals surface area (Å²) in [5.74, 6) is -2.61. The zero-order valence-corrected chi connectivity index (χ0v) is 23.2. The maximum Gasteiger partial charge on any atom is 0.335 e. The Balaban J connectivity index is 1.41. The number of rotatable bonds is 2. The zero-order chi connectivity index (χ0) is 29.4. The minimum atomic E-state index is -1.46. The van der Waals surface area contributed by atoms with Crippen molar-refractivity contribution in [1.29, 1.82) is 0 Å². The van der Waals surface area contributed by atoms with E-state index in [1.165, 1.54) is 20.2 Å². The second-order valence-electron chi connectivity index (χ2n) is 11.1. The summed E-state index contributed by atoms with van der Waals surface area (Å²) in [5, 5.41) is 2.25. The minimum absolute atomic E-state index is 0.0768. The van der Waals surface area contributed by atoms with Gasteiger partial charge < -0.3 is 4.90 Å². The number of nitrogens with zero attached hydrogens (tertiary/aromatic N) is 4. The minimum Gasteiger partial charge on any atom is -0.367 e. The fourth-order valence-corrected chi connectivity index (χ4v) is 6.73. The van der Waals surface area contributed by atoms with Gasteiger partial charge in [-0.3, -0.25) is 34.3 Å². The maximum atomic E-state index is 13.6. The molecule has 2 aromatic rings. The fourth-order valence-electron chi connectivity index (χ4n) is 6.73. The average Bonchev–Trinajstić information content (AvgIpc) is 3.44. The molecule has 11 heteroatoms. The molecule has 0 aliphatic carbocycles. The van der Waals surface area contributed by atoms with E-state index in [1.807, 2.05) is 19.1 Å². The lowest BCUT2D eigenvalue weighted by Crippen LogP contribution is -2.70. The molecule has 4 heterocycles. The average molecular weight is 556 g/mol. The van der Waals surface area contributed by atoms with Crippen LogP contribution in [0.1, 0.15) is 35.1 Å². The molecule has 3 saturated heterocycles. The number of hydrogen-bond donors (Lipinski definition) is 1. The summed E-state index contributed by atoms with van der Waals surface area (Å²) in [6.07, 6.45) is 2.91. The van der Waals surface area contributed by atoms with Crippen LogP contribution in [0.4, 0.5) is 21.0 Å². The van der Waals surface area contributed by atoms with Crippen LogP contribution in [0.5, 0.6) is 0 Å². The first-order valence-corrected chi connectivity index (χ1v) is 13.4. The Labute approximate surface area is 236 Å². The highest BCUT2D eigenvalue weighted by molar-refractivity contribution is 6.39. The number of anilines is 2. The first-order valence-electron chi connectivity index (χ1n) is 13.4. The molecule has 0 aromatic heterocycles. The molecular weight excluding hydrogens is 526 g/mol. The third-order valence-corrected chi connectivity index (χ3v) is 8.66. The van der Waals surface area contributed by atoms with Crippen molar-refractivity contribution < 1.29 is 28.8 Å². The highest BCUT2D eigenvalue weighted by Gasteiger charge is 2.63. The second-order valence-corrected chi connectivity index (χ2v) is 11.1. The Morgan fingerprint density at radius 1 is 0.902 bits per heavy atom. The van der Waals surface area contributed by atoms with Gasteiger partial charge in [-0.1, -0.05) is 23.8 Å². The summed E-state index contributed by atoms with van der Waals surface area (Å²) < 4.78 is 0. The summed E-state index contributed by atoms with van der Waals surface area (Å²) >= 11 is 0. The quantitative estimate of drug-likeness (QED) is 0.343. The molecule has 1 N–H and O–H groups in total. The predicted octanol–water partition coefficient (Wildman–Crippen LogP) is 2.53. The van der Waals surface area contributed by atoms with Gasteiger partial charge in [0.15, 0.2) is 5.41 Å². The van der Waals surface area contributed by atoms with Gasteiger partial charge in [-0.15, -0.1) is 0 Å². The van der Waals surface area contributed by atoms with E-state index in [0.29, 0.717) is 35.3 Å². The number of aryl methyl sites for hydroxylation is 2. The molecule has 41 heavy (non-hydrogen) atoms. The van der Waals surface area contributed by atoms with Crippen molar-refractivity contribution in [2.75, 3.05) is 30.4 Å². The smallest absolute Gasteiger partial charge is 0.335 e. The predicted molar refractivity (Wildman–Crippen MR) is 149 cm³/mol. The van der Waals surface area contributed by atoms with E-state index in [0.717, 1.165) is 32.4 Å². The van der Waals surface area contributed by atoms with Crippen molar-refractivity contribution in [2.45, 2.75) is 39.2 Å². The maximum absolute atomic E-state index is 13.6. The van der Waals surface area contributed by atoms with Gasteiger partial charge in [0, 0.05) is 26.3 Å². The monoisotopic (exact) mass is 555 g/mol. The van der Waals surface area contributed by atoms with Gasteiger partial charge in [0.2, 0.25) is 11.8 Å². The molecule has 2 aromatic carbocycles. The van der Waals surface area contributed by atoms with Crippen molar-refractivity contribution in [1.82, 2.24) is 15.1 Å². The summed E-state index contributed by atoms with van der Waals surface area (Å²) in [7, 11) is 2.78. The van der Waals surface area contributed by atoms with Gasteiger partial charge in [0.05, 0.1) is 11.7 Å². The molecular formula is C30H29N5O6. The number of nitrogens with one attached hydrogen (secondary N) is 1. The molecule has 0 unspecified atom stereocenters. The van der Waals surface area contributed by atoms with Crippen molar-refractivity contribution in [3.8, 4) is 0 Å². The van der Waals surface area contributed by atoms with Crippen LogP contribution in [-0.4, -0.2) is 72.2 Å². The molecule has 11 nitrogen and oxygen atoms in total. The molecule has 0 radical (unpaired) electrons. The van der Waals surface area contributed by atoms with Crippen LogP contribution in [0.25, 0.3) is 6.08 Å². The third-order valence-electron chi connectivity index (χ3n) is 8.66. The van der Waals surface area contributed by atoms with Gasteiger partial charge in [0.25, 0.3) is 11.8 Å². The molecule has 4 aliphatic heterocycles. The molecule has 4 aliphatic rings. The Hall–Kier alpha value is -4.80. The summed E-state index contributed by atoms with van der Waals surface area (Å²) in [4.78, 5) is 83.9. The zero-order valence-electron chi connectivity index (χ0n) is 23.2. The first-order chi connectivity index (χ1) is 19.5. The van der Waals surface area contributed by atoms with Crippen molar-refractivity contribution in [2.24, 2.45) is 5.41 Å². The first kappa shape index (κ1) is 26.4. The van der Waals surface area contributed by atoms with Gasteiger partial charge >= 0.3 is 12.1 Å². The van der Waals surface area contributed by atoms with Gasteiger partial charge in [-0.25, -0.2) is 14.5 Å². The number of benzene rings is 2. The molecule has 210 valence electrons. The number of urea groups is 2. The van der Waals surface area contributed by atoms with Crippen LogP contribution in [0, 0.1) is 19.3 Å². The summed E-state index contributed by atoms with van der Waals surface area (Å²) in [5.41, 5.74) is 2.43. The van der Waals surface area contributed by atoms with Crippen LogP contribution >= 0.6 is 0 Å². The number of imide groups is 4. The normalized spacial score (nSPS) is 23.0. The highest BCUT2D eigenvalue weighted by Crippen LogP contribution is 2.49. The summed E-state index contributed by atoms with van der Waals surface area (Å²) in [6, 6.07) is 8.80. The lowest BCUT2D eigenvalue weighted by atomic mass is 9.68. The van der Waals surface area contributed by atoms with E-state index >= 15 is 0 Å². The number of barbiturate groups is 2. The Bertz CT molecular complexity index is 1600. The number of fused-ring (bicyclic) bond motifs is 4. The SMILES string of the molecule is Cc1ccc(N2C(=O)NC(=O)/C(=C\c3ccc4c(c3)CC3(C(=O)N(C)C(=O)N(C)C3=O)[C@@H]3CCCN43)C2=O)c(C)c1. The molecule has 3 fully saturated rings. The topological polar surface area (TPSA) is 127 Å². The molecule has 6 rings (SSSR count). The van der Waals surface area contributed by atoms with Crippen molar-refractivity contribution >= 4 is 53.1 Å². The fraction of sp³-hybridized carbons (Fsp3) is 0.333. The second kappa shape index (κ2) is 9.12. The van der Waals surface area contributed by atoms with E-state index in [4.69, 9.17) is 0 Å². The number of carbonyl (C=O) groups excluding carboxylic acids is 6. The van der Waals surface area contributed by atoms with Crippen LogP contribution in [0.2, 0.25) is 0 Å². The van der Waals surface area contributed by atoms with Gasteiger partial charge in [-0.2, -0.15) is 0 Å². The largest absolute Gasteiger partial charge is 0.367 e. The van der Waals surface area contributed by atoms with E-state index in [2.05, 4.69) is 10.2 Å². The summed E-state index contributed by atoms with van der Waals surface area (Å²) in [6.45, 7) is 4.33. The van der Waals surface area contributed by atoms with Crippen LogP contribution < -0.4 is 15.1 Å². The molecule has 1 spiro atoms. The lowest BCUT2D eigenvalue weighted by Gasteiger charge is -2.50. The standard InChI is InChI=1S/C30H29N5O6/c1-16-7-9-21(17(2)12-16)35-25(37)20(24(36)31-28(35)40)14-18-8-10-22-19(13-18)15-30(23-6-5-11-34(22)23)26(38)32(3)29(41)33(4)27(30)39/h7-10,12-14,23H,5-6,11,15H2,1-4H3,(H,31,36,40)/b20-14+/t23-/m0/s1. The lowest BCUT2D eigenvalue weighted by molar-refractivity contribution is -0.159. The molecule has 8 amide bonds. The molecule has 0 bridgehead atoms.